The molecular weight excluding hydrogens is 2030 g/mol. The summed E-state index contributed by atoms with van der Waals surface area (Å²) in [6.07, 6.45) is -10.1. The molecule has 0 bridgehead atoms. The first-order chi connectivity index (χ1) is 64.9. The molecule has 0 fully saturated rings. The molecule has 46 N–H and O–H groups in total. The van der Waals surface area contributed by atoms with Crippen LogP contribution in [0.5, 0.6) is 0 Å². The lowest BCUT2D eigenvalue weighted by molar-refractivity contribution is -0.106. The molecular formula is C75H146N18O43P6. The predicted molar refractivity (Wildman–Crippen MR) is 506 cm³/mol. The summed E-state index contributed by atoms with van der Waals surface area (Å²) in [6.45, 7) is 17.5. The number of ether oxygens (including phenoxy) is 6. The summed E-state index contributed by atoms with van der Waals surface area (Å²) >= 11 is 0. The number of nitrogens with two attached hydrogens (primary N) is 9. The molecule has 0 aromatic heterocycles. The van der Waals surface area contributed by atoms with Crippen LogP contribution < -0.4 is 51.6 Å². The quantitative estimate of drug-likeness (QED) is 0.0126. The van der Waals surface area contributed by atoms with Crippen molar-refractivity contribution < 1.29 is 210 Å². The fraction of sp³-hybridized carbons (Fsp3) is 0.720. The van der Waals surface area contributed by atoms with Crippen molar-refractivity contribution in [2.75, 3.05) is 92.8 Å². The average Bonchev–Trinajstić information content (AvgIpc) is 0.787. The minimum absolute atomic E-state index is 0. The summed E-state index contributed by atoms with van der Waals surface area (Å²) in [4.78, 5) is 100. The molecule has 0 aromatic rings. The standard InChI is InChI=1S/C14H28N3O7P.C12H24NO6P.2C11H22N3O6P.2C10H20NO6P.6CHNO.CH4/c1-4-22-25(21,23-5-2)11-6-9(17-14(15)16)8(3)13(24-11)12(20)10(19)7-18;1-4-18-20(3,17)10-5-8(13)7(2)12(19-10)11(16)9(15)6-14;2*1-5-6(14-11(12)13)3-8(21(2,18)19)20-10(5)9(17)7(16)4-15;2*1-5-6(11)3-8(18(2,15)16)17-10(5)9(14)7(13)4-12;6*2-1-3;/h6,8-10,12-13,18-20H,4-5,7H2,1-3H3,(H4,15,16,17);5,7-9,11-12,14-16H,4,6,13H2,1-3H3;2*3,5-7,9-10,15-17H,4H2,1-2H3,(H,18,19)(H4,12,13,14);2*3,5-7,9-10,12-14H,4,11H2,1-2H3,(H,15,16);6*2H;1H4/t8-,9+,10-,12-,13-;7-,8+,9-,11-,12-,20?;4*5-,6+,7-,9-,10-;;;;;;;/m111111......./s1. The van der Waals surface area contributed by atoms with Crippen LogP contribution in [0, 0.1) is 68.0 Å². The second-order valence-corrected chi connectivity index (χ2v) is 43.9. The Morgan fingerprint density at radius 1 is 0.324 bits per heavy atom. The third-order valence-corrected chi connectivity index (χ3v) is 27.8. The van der Waals surface area contributed by atoms with Gasteiger partial charge in [0.1, 0.15) is 110 Å². The van der Waals surface area contributed by atoms with Crippen LogP contribution in [0.15, 0.2) is 84.4 Å². The molecule has 0 aliphatic carbocycles. The number of guanidine groups is 3. The lowest BCUT2D eigenvalue weighted by atomic mass is 9.89. The van der Waals surface area contributed by atoms with Crippen LogP contribution in [-0.4, -0.2) is 405 Å². The second-order valence-electron chi connectivity index (χ2n) is 30.7. The molecule has 6 aliphatic heterocycles. The number of hydrogen-bond acceptors (Lipinski definition) is 51. The predicted octanol–water partition coefficient (Wildman–Crippen LogP) is -6.78. The first kappa shape index (κ1) is 147. The molecule has 6 aliphatic rings. The fourth-order valence-corrected chi connectivity index (χ4v) is 18.2. The highest BCUT2D eigenvalue weighted by Crippen LogP contribution is 2.60. The van der Waals surface area contributed by atoms with Crippen LogP contribution in [-0.2, 0) is 98.1 Å². The van der Waals surface area contributed by atoms with Gasteiger partial charge in [-0.3, -0.25) is 27.4 Å². The number of carbonyl (C=O) groups excluding carboxylic acids is 6. The highest BCUT2D eigenvalue weighted by atomic mass is 31.2. The van der Waals surface area contributed by atoms with Gasteiger partial charge in [0.25, 0.3) is 36.8 Å². The van der Waals surface area contributed by atoms with E-state index in [2.05, 4.69) is 15.0 Å². The van der Waals surface area contributed by atoms with Crippen LogP contribution in [0.2, 0.25) is 0 Å². The van der Waals surface area contributed by atoms with Crippen molar-refractivity contribution in [3.63, 3.8) is 0 Å². The van der Waals surface area contributed by atoms with Crippen LogP contribution >= 0.6 is 44.4 Å². The van der Waals surface area contributed by atoms with Crippen LogP contribution in [0.3, 0.4) is 0 Å². The molecule has 0 saturated heterocycles. The van der Waals surface area contributed by atoms with Gasteiger partial charge in [-0.2, -0.15) is 0 Å². The molecule has 142 heavy (non-hydrogen) atoms. The molecule has 35 atom stereocenters. The molecule has 0 spiro atoms. The summed E-state index contributed by atoms with van der Waals surface area (Å²) in [7, 11) is -21.6. The van der Waals surface area contributed by atoms with Crippen LogP contribution in [0.1, 0.15) is 69.7 Å². The number of aliphatic hydroxyl groups excluding tert-OH is 18. The van der Waals surface area contributed by atoms with Crippen molar-refractivity contribution in [1.82, 2.24) is 0 Å². The maximum Gasteiger partial charge on any atom is 0.395 e. The van der Waals surface area contributed by atoms with Gasteiger partial charge in [0, 0.05) is 87.0 Å². The number of rotatable bonds is 33. The van der Waals surface area contributed by atoms with E-state index in [1.54, 1.807) is 62.3 Å². The van der Waals surface area contributed by atoms with Crippen molar-refractivity contribution in [1.29, 1.82) is 32.5 Å². The lowest BCUT2D eigenvalue weighted by Crippen LogP contribution is -2.50. The largest absolute Gasteiger partial charge is 0.482 e. The molecule has 6 heterocycles. The Morgan fingerprint density at radius 3 is 0.648 bits per heavy atom. The summed E-state index contributed by atoms with van der Waals surface area (Å²) in [6, 6.07) is -3.69. The van der Waals surface area contributed by atoms with Crippen molar-refractivity contribution >= 4 is 98.8 Å². The molecule has 0 amide bonds. The van der Waals surface area contributed by atoms with Gasteiger partial charge in [-0.1, -0.05) is 49.0 Å². The van der Waals surface area contributed by atoms with Gasteiger partial charge in [0.2, 0.25) is 42.0 Å². The fourth-order valence-electron chi connectivity index (χ4n) is 12.2. The lowest BCUT2D eigenvalue weighted by Gasteiger charge is -2.38. The van der Waals surface area contributed by atoms with Crippen LogP contribution in [0.4, 0.5) is 0 Å². The van der Waals surface area contributed by atoms with Gasteiger partial charge in [-0.05, 0) is 57.2 Å². The Labute approximate surface area is 817 Å². The Balaban J connectivity index is -0.000000297. The molecule has 61 nitrogen and oxygen atoms in total. The van der Waals surface area contributed by atoms with E-state index in [1.807, 2.05) is 0 Å². The zero-order chi connectivity index (χ0) is 112. The number of hydrogen-bond donors (Lipinski definition) is 37. The summed E-state index contributed by atoms with van der Waals surface area (Å²) in [5, 5.41) is 203. The van der Waals surface area contributed by atoms with E-state index >= 15 is 0 Å². The second kappa shape index (κ2) is 72.8. The van der Waals surface area contributed by atoms with Crippen molar-refractivity contribution in [3.05, 3.63) is 69.5 Å². The van der Waals surface area contributed by atoms with Gasteiger partial charge in [-0.15, -0.1) is 0 Å². The SMILES string of the molecule is C.CCOP(=O)(OCC)C1=C[C@H](N=C(N)N)[C@@H](C)[C@H]([C@H](O)[C@H](O)CO)O1.CCOP(C)(=O)C1=C[C@H](N)[C@@H](C)[C@H]([C@H](O)[C@H](O)CO)O1.C[C@H]1[C@H]([C@H](O)[C@H](O)CO)OC(P(C)(=O)O)=C[C@@H]1N.C[C@H]1[C@H]([C@H](O)[C@H](O)CO)OC(P(C)(=O)O)=C[C@@H]1N.C[C@H]1[C@H]([C@H](O)[C@H](O)CO)OC(P(C)(=O)O)=C[C@@H]1N=C(N)N.C[C@H]1[C@H]([C@H](O)[C@H](O)CO)OC(P(C)(=O)O)=C[C@@H]1N=C(N)N.N=C=O.N=C=O.N=C=O.N=C=O.N=C=O.N=C=O. The van der Waals surface area contributed by atoms with Gasteiger partial charge in [-0.25, -0.2) is 76.2 Å². The highest BCUT2D eigenvalue weighted by Gasteiger charge is 2.49. The smallest absolute Gasteiger partial charge is 0.395 e. The Bertz CT molecular complexity index is 4260. The highest BCUT2D eigenvalue weighted by molar-refractivity contribution is 7.63. The first-order valence-corrected chi connectivity index (χ1v) is 53.2. The molecule has 0 aromatic carbocycles. The summed E-state index contributed by atoms with van der Waals surface area (Å²) in [5.41, 5.74) is 48.8. The normalized spacial score (nSPS) is 27.7. The third kappa shape index (κ3) is 52.1. The van der Waals surface area contributed by atoms with E-state index in [-0.39, 0.29) is 95.9 Å². The number of nitrogens with one attached hydrogen (secondary N) is 6. The zero-order valence-electron chi connectivity index (χ0n) is 79.3. The maximum atomic E-state index is 13.0. The molecule has 0 radical (unpaired) electrons. The van der Waals surface area contributed by atoms with Crippen molar-refractivity contribution in [2.24, 2.45) is 102 Å². The topological polar surface area (TPSA) is 1150 Å². The average molecular weight is 2170 g/mol. The Kier molecular flexibility index (Phi) is 75.1. The van der Waals surface area contributed by atoms with Crippen molar-refractivity contribution in [3.8, 4) is 0 Å². The summed E-state index contributed by atoms with van der Waals surface area (Å²) < 4.78 is 120. The minimum Gasteiger partial charge on any atom is -0.482 e. The van der Waals surface area contributed by atoms with E-state index in [0.717, 1.165) is 63.1 Å². The number of isocyanates is 6. The molecule has 824 valence electrons. The van der Waals surface area contributed by atoms with E-state index in [4.69, 9.17) is 185 Å². The third-order valence-electron chi connectivity index (χ3n) is 19.7. The molecule has 5 unspecified atom stereocenters. The monoisotopic (exact) mass is 2170 g/mol. The first-order valence-electron chi connectivity index (χ1n) is 41.2. The van der Waals surface area contributed by atoms with E-state index in [9.17, 15) is 108 Å². The van der Waals surface area contributed by atoms with Gasteiger partial charge in [0.05, 0.1) is 77.6 Å². The van der Waals surface area contributed by atoms with Crippen molar-refractivity contribution in [2.45, 2.75) is 216 Å². The Morgan fingerprint density at radius 2 is 0.479 bits per heavy atom. The maximum absolute atomic E-state index is 13.0. The molecule has 6 rings (SSSR count). The van der Waals surface area contributed by atoms with Gasteiger partial charge >= 0.3 is 7.60 Å². The zero-order valence-corrected chi connectivity index (χ0v) is 84.6. The van der Waals surface area contributed by atoms with Gasteiger partial charge in [0.15, 0.2) is 45.4 Å². The molecule has 0 saturated carbocycles. The number of aliphatic imine (C=N–C) groups is 3. The van der Waals surface area contributed by atoms with E-state index < -0.39 is 248 Å². The number of nitrogens with zero attached hydrogens (tertiary/aromatic N) is 3. The van der Waals surface area contributed by atoms with Gasteiger partial charge < -0.3 is 205 Å². The Hall–Kier alpha value is -8.41. The minimum atomic E-state index is -3.79. The summed E-state index contributed by atoms with van der Waals surface area (Å²) in [5.74, 6) is -3.14. The van der Waals surface area contributed by atoms with E-state index in [0.29, 0.717) is 0 Å². The number of aliphatic hydroxyl groups is 18. The van der Waals surface area contributed by atoms with Crippen LogP contribution in [0.25, 0.3) is 0 Å². The van der Waals surface area contributed by atoms with E-state index in [1.165, 1.54) is 43.1 Å². The molecule has 67 heteroatoms.